The van der Waals surface area contributed by atoms with Crippen LogP contribution in [0.5, 0.6) is 0 Å². The number of halogens is 1. The van der Waals surface area contributed by atoms with Crippen LogP contribution in [0.2, 0.25) is 5.15 Å². The summed E-state index contributed by atoms with van der Waals surface area (Å²) < 4.78 is 0.346. The lowest BCUT2D eigenvalue weighted by Gasteiger charge is -2.12. The van der Waals surface area contributed by atoms with Crippen LogP contribution < -0.4 is 0 Å². The van der Waals surface area contributed by atoms with Gasteiger partial charge in [-0.25, -0.2) is 4.98 Å². The summed E-state index contributed by atoms with van der Waals surface area (Å²) in [6.07, 6.45) is 1.49. The topological polar surface area (TPSA) is 70.5 Å². The molecule has 25 heavy (non-hydrogen) atoms. The minimum absolute atomic E-state index is 0.0558. The van der Waals surface area contributed by atoms with E-state index in [9.17, 15) is 9.59 Å². The molecule has 0 saturated carbocycles. The number of thiocarbonyl (C=S) groups is 1. The lowest BCUT2D eigenvalue weighted by molar-refractivity contribution is -0.137. The molecule has 8 heteroatoms. The Morgan fingerprint density at radius 1 is 1.44 bits per heavy atom. The molecule has 5 nitrogen and oxygen atoms in total. The van der Waals surface area contributed by atoms with Crippen molar-refractivity contribution in [3.8, 4) is 0 Å². The van der Waals surface area contributed by atoms with Crippen LogP contribution in [0.4, 0.5) is 0 Å². The molecule has 1 amide bonds. The van der Waals surface area contributed by atoms with Crippen molar-refractivity contribution in [2.75, 3.05) is 6.54 Å². The fourth-order valence-corrected chi connectivity index (χ4v) is 3.93. The molecule has 1 N–H and O–H groups in total. The number of carbonyl (C=O) groups excluding carboxylic acids is 1. The fourth-order valence-electron chi connectivity index (χ4n) is 2.43. The van der Waals surface area contributed by atoms with Gasteiger partial charge in [-0.05, 0) is 31.2 Å². The predicted octanol–water partition coefficient (Wildman–Crippen LogP) is 3.87. The summed E-state index contributed by atoms with van der Waals surface area (Å²) in [5.74, 6) is -1.29. The van der Waals surface area contributed by atoms with Gasteiger partial charge in [0, 0.05) is 17.5 Å². The summed E-state index contributed by atoms with van der Waals surface area (Å²) in [6.45, 7) is 2.04. The zero-order chi connectivity index (χ0) is 18.1. The van der Waals surface area contributed by atoms with E-state index in [4.69, 9.17) is 28.9 Å². The molecule has 3 rings (SSSR count). The Labute approximate surface area is 158 Å². The van der Waals surface area contributed by atoms with Gasteiger partial charge in [-0.1, -0.05) is 47.2 Å². The zero-order valence-corrected chi connectivity index (χ0v) is 15.5. The van der Waals surface area contributed by atoms with Crippen LogP contribution in [-0.4, -0.2) is 37.7 Å². The van der Waals surface area contributed by atoms with E-state index in [0.717, 1.165) is 28.2 Å². The third kappa shape index (κ3) is 3.84. The van der Waals surface area contributed by atoms with Gasteiger partial charge >= 0.3 is 5.97 Å². The molecule has 2 heterocycles. The third-order valence-electron chi connectivity index (χ3n) is 3.66. The number of fused-ring (bicyclic) bond motifs is 1. The Kier molecular flexibility index (Phi) is 5.08. The van der Waals surface area contributed by atoms with E-state index < -0.39 is 5.97 Å². The van der Waals surface area contributed by atoms with E-state index in [1.165, 1.54) is 4.90 Å². The quantitative estimate of drug-likeness (QED) is 0.484. The number of benzene rings is 1. The Balaban J connectivity index is 1.93. The number of carboxylic acids is 1. The average molecular weight is 393 g/mol. The molecule has 0 radical (unpaired) electrons. The molecular weight excluding hydrogens is 380 g/mol. The highest BCUT2D eigenvalue weighted by Gasteiger charge is 2.32. The molecule has 2 aromatic rings. The van der Waals surface area contributed by atoms with Gasteiger partial charge in [0.15, 0.2) is 0 Å². The van der Waals surface area contributed by atoms with Crippen LogP contribution in [0.25, 0.3) is 17.0 Å². The fraction of sp³-hybridized carbons (Fsp3) is 0.176. The van der Waals surface area contributed by atoms with E-state index in [-0.39, 0.29) is 18.9 Å². The van der Waals surface area contributed by atoms with Crippen molar-refractivity contribution in [1.82, 2.24) is 9.88 Å². The van der Waals surface area contributed by atoms with Crippen LogP contribution in [0.3, 0.4) is 0 Å². The third-order valence-corrected chi connectivity index (χ3v) is 5.34. The second-order valence-electron chi connectivity index (χ2n) is 5.54. The SMILES string of the molecule is Cc1ccc2nc(Cl)c(/C=C3\SC(=S)N(CCC(=O)O)C3=O)cc2c1. The maximum Gasteiger partial charge on any atom is 0.305 e. The monoisotopic (exact) mass is 392 g/mol. The maximum absolute atomic E-state index is 12.5. The van der Waals surface area contributed by atoms with Gasteiger partial charge in [0.25, 0.3) is 5.91 Å². The van der Waals surface area contributed by atoms with Gasteiger partial charge in [-0.2, -0.15) is 0 Å². The number of aliphatic carboxylic acids is 1. The molecule has 0 atom stereocenters. The molecule has 1 aromatic carbocycles. The molecule has 1 saturated heterocycles. The number of nitrogens with zero attached hydrogens (tertiary/aromatic N) is 2. The predicted molar refractivity (Wildman–Crippen MR) is 104 cm³/mol. The largest absolute Gasteiger partial charge is 0.481 e. The number of amides is 1. The minimum atomic E-state index is -0.977. The normalized spacial score (nSPS) is 16.2. The number of aryl methyl sites for hydroxylation is 1. The number of carboxylic acid groups (broad SMARTS) is 1. The highest BCUT2D eigenvalue weighted by atomic mass is 35.5. The van der Waals surface area contributed by atoms with E-state index in [0.29, 0.717) is 19.9 Å². The lowest BCUT2D eigenvalue weighted by Crippen LogP contribution is -2.30. The van der Waals surface area contributed by atoms with Gasteiger partial charge in [-0.3, -0.25) is 14.5 Å². The van der Waals surface area contributed by atoms with Crippen molar-refractivity contribution in [2.24, 2.45) is 0 Å². The summed E-state index contributed by atoms with van der Waals surface area (Å²) in [5, 5.41) is 10.0. The Morgan fingerprint density at radius 3 is 2.92 bits per heavy atom. The van der Waals surface area contributed by atoms with Crippen LogP contribution in [0, 0.1) is 6.92 Å². The Morgan fingerprint density at radius 2 is 2.20 bits per heavy atom. The lowest BCUT2D eigenvalue weighted by atomic mass is 10.1. The Hall–Kier alpha value is -1.96. The van der Waals surface area contributed by atoms with Crippen molar-refractivity contribution >= 4 is 68.8 Å². The van der Waals surface area contributed by atoms with Gasteiger partial charge in [-0.15, -0.1) is 0 Å². The number of thioether (sulfide) groups is 1. The van der Waals surface area contributed by atoms with E-state index in [2.05, 4.69) is 4.98 Å². The summed E-state index contributed by atoms with van der Waals surface area (Å²) in [7, 11) is 0. The zero-order valence-electron chi connectivity index (χ0n) is 13.2. The van der Waals surface area contributed by atoms with Crippen molar-refractivity contribution in [2.45, 2.75) is 13.3 Å². The van der Waals surface area contributed by atoms with Gasteiger partial charge < -0.3 is 5.11 Å². The molecular formula is C17H13ClN2O3S2. The number of pyridine rings is 1. The number of hydrogen-bond donors (Lipinski definition) is 1. The second kappa shape index (κ2) is 7.11. The standard InChI is InChI=1S/C17H13ClN2O3S2/c1-9-2-3-12-10(6-9)7-11(15(18)19-12)8-13-16(23)20(17(24)25-13)5-4-14(21)22/h2-3,6-8H,4-5H2,1H3,(H,21,22)/b13-8-. The van der Waals surface area contributed by atoms with Crippen molar-refractivity contribution in [3.05, 3.63) is 45.5 Å². The summed E-state index contributed by atoms with van der Waals surface area (Å²) in [5.41, 5.74) is 2.50. The van der Waals surface area contributed by atoms with E-state index >= 15 is 0 Å². The van der Waals surface area contributed by atoms with E-state index in [1.54, 1.807) is 6.08 Å². The summed E-state index contributed by atoms with van der Waals surface area (Å²) >= 11 is 12.6. The van der Waals surface area contributed by atoms with Crippen LogP contribution in [-0.2, 0) is 9.59 Å². The maximum atomic E-state index is 12.5. The van der Waals surface area contributed by atoms with Crippen LogP contribution in [0.15, 0.2) is 29.2 Å². The van der Waals surface area contributed by atoms with Crippen LogP contribution in [0.1, 0.15) is 17.5 Å². The summed E-state index contributed by atoms with van der Waals surface area (Å²) in [6, 6.07) is 7.72. The first-order valence-electron chi connectivity index (χ1n) is 7.39. The molecule has 0 unspecified atom stereocenters. The highest BCUT2D eigenvalue weighted by molar-refractivity contribution is 8.26. The van der Waals surface area contributed by atoms with Crippen molar-refractivity contribution in [1.29, 1.82) is 0 Å². The van der Waals surface area contributed by atoms with Crippen LogP contribution >= 0.6 is 35.6 Å². The molecule has 1 fully saturated rings. The molecule has 0 bridgehead atoms. The molecule has 0 aliphatic carbocycles. The smallest absolute Gasteiger partial charge is 0.305 e. The number of hydrogen-bond acceptors (Lipinski definition) is 5. The first-order valence-corrected chi connectivity index (χ1v) is 8.99. The van der Waals surface area contributed by atoms with E-state index in [1.807, 2.05) is 31.2 Å². The van der Waals surface area contributed by atoms with Crippen molar-refractivity contribution < 1.29 is 14.7 Å². The molecule has 1 aliphatic rings. The Bertz CT molecular complexity index is 943. The first-order chi connectivity index (χ1) is 11.8. The van der Waals surface area contributed by atoms with Gasteiger partial charge in [0.05, 0.1) is 16.8 Å². The highest BCUT2D eigenvalue weighted by Crippen LogP contribution is 2.34. The van der Waals surface area contributed by atoms with Gasteiger partial charge in [0.1, 0.15) is 9.47 Å². The summed E-state index contributed by atoms with van der Waals surface area (Å²) in [4.78, 5) is 29.2. The molecule has 1 aliphatic heterocycles. The number of carbonyl (C=O) groups is 2. The molecule has 0 spiro atoms. The average Bonchev–Trinajstić information content (AvgIpc) is 2.80. The second-order valence-corrected chi connectivity index (χ2v) is 7.58. The minimum Gasteiger partial charge on any atom is -0.481 e. The first kappa shape index (κ1) is 17.8. The number of aromatic nitrogens is 1. The molecule has 128 valence electrons. The van der Waals surface area contributed by atoms with Gasteiger partial charge in [0.2, 0.25) is 0 Å². The number of rotatable bonds is 4. The van der Waals surface area contributed by atoms with Crippen molar-refractivity contribution in [3.63, 3.8) is 0 Å². The molecule has 1 aromatic heterocycles.